The summed E-state index contributed by atoms with van der Waals surface area (Å²) in [4.78, 5) is 44.2. The Morgan fingerprint density at radius 2 is 1.41 bits per heavy atom. The third-order valence-electron chi connectivity index (χ3n) is 10.5. The summed E-state index contributed by atoms with van der Waals surface area (Å²) in [6.45, 7) is 9.18. The molecule has 1 N–H and O–H groups in total. The Morgan fingerprint density at radius 1 is 0.844 bits per heavy atom. The number of hydrogen-bond donors (Lipinski definition) is 1. The van der Waals surface area contributed by atoms with Gasteiger partial charge in [-0.25, -0.2) is 9.46 Å². The summed E-state index contributed by atoms with van der Waals surface area (Å²) in [6, 6.07) is 36.8. The second-order valence-electron chi connectivity index (χ2n) is 15.4. The van der Waals surface area contributed by atoms with Crippen molar-refractivity contribution in [2.24, 2.45) is 0 Å². The van der Waals surface area contributed by atoms with Crippen LogP contribution in [0.1, 0.15) is 74.3 Å². The van der Waals surface area contributed by atoms with Gasteiger partial charge in [-0.05, 0) is 86.8 Å². The molecule has 6 rings (SSSR count). The number of nitrogens with zero attached hydrogens (tertiary/aromatic N) is 4. The first-order chi connectivity index (χ1) is 30.9. The van der Waals surface area contributed by atoms with Crippen molar-refractivity contribution in [2.75, 3.05) is 32.8 Å². The van der Waals surface area contributed by atoms with E-state index in [4.69, 9.17) is 32.7 Å². The van der Waals surface area contributed by atoms with Gasteiger partial charge in [-0.2, -0.15) is 10.2 Å². The summed E-state index contributed by atoms with van der Waals surface area (Å²) in [5, 5.41) is 12.1. The highest BCUT2D eigenvalue weighted by atomic mass is 31.2. The number of amides is 1. The molecule has 0 aliphatic carbocycles. The molecular weight excluding hydrogens is 838 g/mol. The molecule has 1 aliphatic heterocycles. The first kappa shape index (κ1) is 47.5. The zero-order valence-electron chi connectivity index (χ0n) is 37.0. The van der Waals surface area contributed by atoms with Gasteiger partial charge in [0.2, 0.25) is 0 Å². The SMILES string of the molecule is COc1ccc(C(OC[C@H]2O[C@@H](n3ccc(NC(=O)c4ccccc4)nc3=O)[C@@H](OC(C)=O)[C@@H]2OP(OCCC#N)N(C(C)C)C(C)C)(c2ccccc2)c2ccc(OC)cc2)cc1. The Hall–Kier alpha value is -5.98. The van der Waals surface area contributed by atoms with E-state index in [9.17, 15) is 19.6 Å². The predicted molar refractivity (Wildman–Crippen MR) is 241 cm³/mol. The largest absolute Gasteiger partial charge is 0.497 e. The van der Waals surface area contributed by atoms with Crippen LogP contribution >= 0.6 is 8.53 Å². The van der Waals surface area contributed by atoms with Crippen LogP contribution in [0.4, 0.5) is 5.82 Å². The number of aromatic nitrogens is 2. The quantitative estimate of drug-likeness (QED) is 0.0345. The van der Waals surface area contributed by atoms with E-state index in [0.29, 0.717) is 17.1 Å². The molecule has 5 atom stereocenters. The van der Waals surface area contributed by atoms with Crippen molar-refractivity contribution in [3.63, 3.8) is 0 Å². The molecule has 2 heterocycles. The molecule has 1 unspecified atom stereocenters. The van der Waals surface area contributed by atoms with Gasteiger partial charge in [0.25, 0.3) is 14.4 Å². The normalized spacial score (nSPS) is 17.8. The molecule has 1 saturated heterocycles. The van der Waals surface area contributed by atoms with E-state index in [0.717, 1.165) is 16.7 Å². The lowest BCUT2D eigenvalue weighted by atomic mass is 9.80. The van der Waals surface area contributed by atoms with Gasteiger partial charge in [0.1, 0.15) is 35.1 Å². The molecule has 336 valence electrons. The van der Waals surface area contributed by atoms with Gasteiger partial charge in [-0.15, -0.1) is 0 Å². The average molecular weight is 892 g/mol. The van der Waals surface area contributed by atoms with Crippen molar-refractivity contribution in [1.29, 1.82) is 5.26 Å². The molecule has 4 aromatic carbocycles. The van der Waals surface area contributed by atoms with Crippen LogP contribution in [-0.2, 0) is 33.7 Å². The number of nitrogens with one attached hydrogen (secondary N) is 1. The minimum Gasteiger partial charge on any atom is -0.497 e. The number of nitriles is 1. The fraction of sp³-hybridized carbons (Fsp3) is 0.354. The number of anilines is 1. The Labute approximate surface area is 374 Å². The summed E-state index contributed by atoms with van der Waals surface area (Å²) in [5.74, 6) is 0.196. The molecule has 0 radical (unpaired) electrons. The zero-order chi connectivity index (χ0) is 45.8. The van der Waals surface area contributed by atoms with Gasteiger partial charge < -0.3 is 38.0 Å². The van der Waals surface area contributed by atoms with Crippen LogP contribution in [0.25, 0.3) is 0 Å². The molecule has 15 nitrogen and oxygen atoms in total. The maximum atomic E-state index is 14.0. The molecule has 0 bridgehead atoms. The van der Waals surface area contributed by atoms with Gasteiger partial charge in [0.05, 0.1) is 39.9 Å². The van der Waals surface area contributed by atoms with E-state index in [1.165, 1.54) is 23.8 Å². The summed E-state index contributed by atoms with van der Waals surface area (Å²) in [7, 11) is 1.25. The summed E-state index contributed by atoms with van der Waals surface area (Å²) in [5.41, 5.74) is 0.614. The van der Waals surface area contributed by atoms with Crippen molar-refractivity contribution in [2.45, 2.75) is 83.3 Å². The van der Waals surface area contributed by atoms with Crippen molar-refractivity contribution in [3.8, 4) is 17.6 Å². The second-order valence-corrected chi connectivity index (χ2v) is 16.8. The van der Waals surface area contributed by atoms with Crippen LogP contribution in [0.15, 0.2) is 126 Å². The zero-order valence-corrected chi connectivity index (χ0v) is 37.8. The van der Waals surface area contributed by atoms with Crippen molar-refractivity contribution < 1.29 is 42.3 Å². The van der Waals surface area contributed by atoms with Gasteiger partial charge in [-0.3, -0.25) is 14.2 Å². The monoisotopic (exact) mass is 891 g/mol. The van der Waals surface area contributed by atoms with Crippen LogP contribution in [0, 0.1) is 11.3 Å². The smallest absolute Gasteiger partial charge is 0.351 e. The van der Waals surface area contributed by atoms with Crippen LogP contribution in [0.2, 0.25) is 0 Å². The Bertz CT molecular complexity index is 2340. The van der Waals surface area contributed by atoms with Gasteiger partial charge in [0.15, 0.2) is 12.3 Å². The maximum absolute atomic E-state index is 14.0. The fourth-order valence-corrected chi connectivity index (χ4v) is 9.41. The van der Waals surface area contributed by atoms with Gasteiger partial charge >= 0.3 is 11.7 Å². The molecule has 1 fully saturated rings. The number of carbonyl (C=O) groups is 2. The fourth-order valence-electron chi connectivity index (χ4n) is 7.64. The van der Waals surface area contributed by atoms with Crippen molar-refractivity contribution in [1.82, 2.24) is 14.2 Å². The van der Waals surface area contributed by atoms with Gasteiger partial charge in [0, 0.05) is 30.8 Å². The molecule has 1 amide bonds. The highest BCUT2D eigenvalue weighted by Crippen LogP contribution is 2.51. The van der Waals surface area contributed by atoms with Crippen molar-refractivity contribution in [3.05, 3.63) is 154 Å². The lowest BCUT2D eigenvalue weighted by molar-refractivity contribution is -0.155. The summed E-state index contributed by atoms with van der Waals surface area (Å²) >= 11 is 0. The van der Waals surface area contributed by atoms with Crippen LogP contribution in [-0.4, -0.2) is 83.9 Å². The Morgan fingerprint density at radius 3 is 1.92 bits per heavy atom. The maximum Gasteiger partial charge on any atom is 0.351 e. The van der Waals surface area contributed by atoms with E-state index in [2.05, 4.69) is 16.4 Å². The molecule has 0 saturated carbocycles. The van der Waals surface area contributed by atoms with E-state index >= 15 is 0 Å². The molecule has 5 aromatic rings. The third kappa shape index (κ3) is 11.0. The molecule has 1 aromatic heterocycles. The summed E-state index contributed by atoms with van der Waals surface area (Å²) in [6.07, 6.45) is -3.13. The molecular formula is C48H54N5O10P. The van der Waals surface area contributed by atoms with E-state index in [-0.39, 0.29) is 37.5 Å². The van der Waals surface area contributed by atoms with Crippen LogP contribution in [0.3, 0.4) is 0 Å². The lowest BCUT2D eigenvalue weighted by Crippen LogP contribution is -2.43. The molecule has 1 aliphatic rings. The van der Waals surface area contributed by atoms with E-state index < -0.39 is 56.2 Å². The average Bonchev–Trinajstić information content (AvgIpc) is 3.62. The minimum absolute atomic E-state index is 0.00960. The predicted octanol–water partition coefficient (Wildman–Crippen LogP) is 8.01. The van der Waals surface area contributed by atoms with E-state index in [1.54, 1.807) is 44.6 Å². The molecule has 0 spiro atoms. The standard InChI is InChI=1S/C48H54N5O10P/c1-32(2)53(33(3)4)64(60-30-14-28-49)63-43-41(62-46(44(43)61-34(5)54)52-29-27-42(51-47(52)56)50-45(55)35-15-10-8-11-16-35)31-59-48(36-17-12-9-13-18-36,37-19-23-39(57-6)24-20-37)38-21-25-40(58-7)26-22-38/h8-13,15-27,29,32-33,41,43-44,46H,14,30-31H2,1-7H3,(H,50,51,55,56)/t41-,43-,44+,46-,64?/m1/s1. The number of carbonyl (C=O) groups excluding carboxylic acids is 2. The first-order valence-electron chi connectivity index (χ1n) is 20.9. The minimum atomic E-state index is -1.94. The lowest BCUT2D eigenvalue weighted by Gasteiger charge is -2.39. The number of ether oxygens (including phenoxy) is 5. The number of benzene rings is 4. The highest BCUT2D eigenvalue weighted by Gasteiger charge is 2.52. The number of methoxy groups -OCH3 is 2. The number of esters is 1. The first-order valence-corrected chi connectivity index (χ1v) is 22.0. The topological polar surface area (TPSA) is 173 Å². The highest BCUT2D eigenvalue weighted by molar-refractivity contribution is 7.44. The third-order valence-corrected chi connectivity index (χ3v) is 12.6. The molecule has 64 heavy (non-hydrogen) atoms. The Balaban J connectivity index is 1.47. The second kappa shape index (κ2) is 22.1. The van der Waals surface area contributed by atoms with Crippen LogP contribution in [0.5, 0.6) is 11.5 Å². The number of rotatable bonds is 20. The molecule has 16 heteroatoms. The van der Waals surface area contributed by atoms with Crippen LogP contribution < -0.4 is 20.5 Å². The van der Waals surface area contributed by atoms with Gasteiger partial charge in [-0.1, -0.05) is 72.8 Å². The summed E-state index contributed by atoms with van der Waals surface area (Å²) < 4.78 is 47.8. The Kier molecular flexibility index (Phi) is 16.4. The van der Waals surface area contributed by atoms with Crippen molar-refractivity contribution >= 4 is 26.2 Å². The number of hydrogen-bond acceptors (Lipinski definition) is 13. The van der Waals surface area contributed by atoms with E-state index in [1.807, 2.05) is 111 Å².